The van der Waals surface area contributed by atoms with Crippen molar-refractivity contribution in [3.63, 3.8) is 0 Å². The van der Waals surface area contributed by atoms with Crippen molar-refractivity contribution in [3.05, 3.63) is 70.0 Å². The predicted molar refractivity (Wildman–Crippen MR) is 73.1 cm³/mol. The Morgan fingerprint density at radius 1 is 1.05 bits per heavy atom. The summed E-state index contributed by atoms with van der Waals surface area (Å²) < 4.78 is 40.4. The Kier molecular flexibility index (Phi) is 4.53. The maximum absolute atomic E-state index is 13.6. The van der Waals surface area contributed by atoms with Crippen molar-refractivity contribution in [2.75, 3.05) is 0 Å². The van der Waals surface area contributed by atoms with E-state index in [-0.39, 0.29) is 22.6 Å². The zero-order valence-electron chi connectivity index (χ0n) is 9.64. The highest BCUT2D eigenvalue weighted by atomic mass is 79.9. The normalized spacial score (nSPS) is 12.5. The molecule has 0 nitrogen and oxygen atoms in total. The van der Waals surface area contributed by atoms with Gasteiger partial charge in [-0.05, 0) is 36.8 Å². The number of hydrogen-bond acceptors (Lipinski definition) is 0. The second kappa shape index (κ2) is 5.97. The Hall–Kier alpha value is -1.00. The van der Waals surface area contributed by atoms with E-state index in [1.807, 2.05) is 0 Å². The number of benzene rings is 2. The van der Waals surface area contributed by atoms with E-state index in [4.69, 9.17) is 11.6 Å². The topological polar surface area (TPSA) is 0 Å². The Morgan fingerprint density at radius 3 is 2.47 bits per heavy atom. The van der Waals surface area contributed by atoms with Gasteiger partial charge in [0.25, 0.3) is 0 Å². The Bertz CT molecular complexity index is 581. The number of hydrogen-bond donors (Lipinski definition) is 0. The summed E-state index contributed by atoms with van der Waals surface area (Å²) in [6.45, 7) is 0. The molecule has 0 fully saturated rings. The first-order chi connectivity index (χ1) is 8.99. The maximum Gasteiger partial charge on any atom is 0.127 e. The predicted octanol–water partition coefficient (Wildman–Crippen LogP) is 5.44. The fourth-order valence-electron chi connectivity index (χ4n) is 1.77. The first kappa shape index (κ1) is 14.4. The molecular formula is C14H9BrClF3. The lowest BCUT2D eigenvalue weighted by molar-refractivity contribution is 0.578. The summed E-state index contributed by atoms with van der Waals surface area (Å²) in [7, 11) is 0. The first-order valence-corrected chi connectivity index (χ1v) is 6.80. The Labute approximate surface area is 122 Å². The molecule has 1 atom stereocenters. The molecular weight excluding hydrogens is 341 g/mol. The van der Waals surface area contributed by atoms with Gasteiger partial charge in [0.15, 0.2) is 0 Å². The average molecular weight is 350 g/mol. The van der Waals surface area contributed by atoms with Crippen LogP contribution < -0.4 is 0 Å². The van der Waals surface area contributed by atoms with Crippen molar-refractivity contribution < 1.29 is 13.2 Å². The summed E-state index contributed by atoms with van der Waals surface area (Å²) in [5.74, 6) is -1.55. The molecule has 0 N–H and O–H groups in total. The van der Waals surface area contributed by atoms with Crippen LogP contribution >= 0.6 is 27.5 Å². The molecule has 0 saturated heterocycles. The molecule has 0 radical (unpaired) electrons. The van der Waals surface area contributed by atoms with E-state index in [1.54, 1.807) is 6.07 Å². The quantitative estimate of drug-likeness (QED) is 0.648. The molecule has 0 spiro atoms. The van der Waals surface area contributed by atoms with Crippen LogP contribution in [0.15, 0.2) is 36.4 Å². The molecule has 1 unspecified atom stereocenters. The monoisotopic (exact) mass is 348 g/mol. The molecule has 2 aromatic rings. The lowest BCUT2D eigenvalue weighted by Gasteiger charge is -2.13. The molecule has 0 aromatic heterocycles. The van der Waals surface area contributed by atoms with Gasteiger partial charge in [0.1, 0.15) is 17.5 Å². The molecule has 2 aromatic carbocycles. The van der Waals surface area contributed by atoms with Crippen LogP contribution in [-0.4, -0.2) is 0 Å². The van der Waals surface area contributed by atoms with E-state index in [0.717, 1.165) is 18.2 Å². The van der Waals surface area contributed by atoms with Crippen LogP contribution in [0.2, 0.25) is 5.02 Å². The molecule has 0 heterocycles. The summed E-state index contributed by atoms with van der Waals surface area (Å²) >= 11 is 9.15. The molecule has 0 bridgehead atoms. The van der Waals surface area contributed by atoms with E-state index >= 15 is 0 Å². The van der Waals surface area contributed by atoms with Crippen LogP contribution in [0.3, 0.4) is 0 Å². The Morgan fingerprint density at radius 2 is 1.79 bits per heavy atom. The third kappa shape index (κ3) is 3.31. The van der Waals surface area contributed by atoms with Crippen molar-refractivity contribution >= 4 is 27.5 Å². The molecule has 0 saturated carbocycles. The zero-order chi connectivity index (χ0) is 14.0. The van der Waals surface area contributed by atoms with Crippen molar-refractivity contribution in [2.45, 2.75) is 11.2 Å². The van der Waals surface area contributed by atoms with Crippen LogP contribution in [0.1, 0.15) is 16.0 Å². The van der Waals surface area contributed by atoms with Gasteiger partial charge in [0, 0.05) is 21.0 Å². The fourth-order valence-corrected chi connectivity index (χ4v) is 2.69. The standard InChI is InChI=1S/C14H9BrClF3/c15-11(9-6-8(17)4-5-14(9)19)7-10-12(16)2-1-3-13(10)18/h1-6,11H,7H2. The third-order valence-corrected chi connectivity index (χ3v) is 3.91. The molecule has 19 heavy (non-hydrogen) atoms. The lowest BCUT2D eigenvalue weighted by Crippen LogP contribution is -2.02. The van der Waals surface area contributed by atoms with Crippen molar-refractivity contribution in [2.24, 2.45) is 0 Å². The molecule has 0 aliphatic rings. The minimum absolute atomic E-state index is 0.131. The van der Waals surface area contributed by atoms with E-state index in [9.17, 15) is 13.2 Å². The van der Waals surface area contributed by atoms with Crippen LogP contribution in [0.25, 0.3) is 0 Å². The second-order valence-electron chi connectivity index (χ2n) is 4.04. The Balaban J connectivity index is 2.31. The van der Waals surface area contributed by atoms with Crippen molar-refractivity contribution in [1.82, 2.24) is 0 Å². The highest BCUT2D eigenvalue weighted by Gasteiger charge is 2.17. The molecule has 0 aliphatic heterocycles. The average Bonchev–Trinajstić information content (AvgIpc) is 2.37. The second-order valence-corrected chi connectivity index (χ2v) is 5.55. The summed E-state index contributed by atoms with van der Waals surface area (Å²) in [5, 5.41) is 0.265. The smallest absolute Gasteiger partial charge is 0.127 e. The zero-order valence-corrected chi connectivity index (χ0v) is 12.0. The van der Waals surface area contributed by atoms with Gasteiger partial charge in [0.05, 0.1) is 0 Å². The van der Waals surface area contributed by atoms with Gasteiger partial charge in [-0.25, -0.2) is 13.2 Å². The van der Waals surface area contributed by atoms with Crippen molar-refractivity contribution in [3.8, 4) is 0 Å². The molecule has 0 amide bonds. The van der Waals surface area contributed by atoms with Crippen LogP contribution in [0, 0.1) is 17.5 Å². The van der Waals surface area contributed by atoms with Crippen LogP contribution in [-0.2, 0) is 6.42 Å². The molecule has 2 rings (SSSR count). The fraction of sp³-hybridized carbons (Fsp3) is 0.143. The SMILES string of the molecule is Fc1ccc(F)c(C(Br)Cc2c(F)cccc2Cl)c1. The number of alkyl halides is 1. The number of rotatable bonds is 3. The van der Waals surface area contributed by atoms with Gasteiger partial charge in [-0.3, -0.25) is 0 Å². The van der Waals surface area contributed by atoms with Crippen molar-refractivity contribution in [1.29, 1.82) is 0 Å². The highest BCUT2D eigenvalue weighted by molar-refractivity contribution is 9.09. The molecule has 5 heteroatoms. The van der Waals surface area contributed by atoms with Crippen LogP contribution in [0.5, 0.6) is 0 Å². The molecule has 0 aliphatic carbocycles. The third-order valence-electron chi connectivity index (χ3n) is 2.74. The van der Waals surface area contributed by atoms with Crippen LogP contribution in [0.4, 0.5) is 13.2 Å². The minimum atomic E-state index is -0.558. The summed E-state index contributed by atoms with van der Waals surface area (Å²) in [6, 6.07) is 7.50. The molecule has 100 valence electrons. The van der Waals surface area contributed by atoms with Gasteiger partial charge in [0.2, 0.25) is 0 Å². The first-order valence-electron chi connectivity index (χ1n) is 5.51. The summed E-state index contributed by atoms with van der Waals surface area (Å²) in [5.41, 5.74) is 0.411. The lowest BCUT2D eigenvalue weighted by atomic mass is 10.0. The largest absolute Gasteiger partial charge is 0.207 e. The van der Waals surface area contributed by atoms with Gasteiger partial charge in [-0.2, -0.15) is 0 Å². The van der Waals surface area contributed by atoms with Gasteiger partial charge in [-0.15, -0.1) is 0 Å². The van der Waals surface area contributed by atoms with Gasteiger partial charge >= 0.3 is 0 Å². The van der Waals surface area contributed by atoms with E-state index in [2.05, 4.69) is 15.9 Å². The summed E-state index contributed by atoms with van der Waals surface area (Å²) in [6.07, 6.45) is 0.131. The number of halogens is 5. The highest BCUT2D eigenvalue weighted by Crippen LogP contribution is 2.32. The van der Waals surface area contributed by atoms with Gasteiger partial charge in [-0.1, -0.05) is 33.6 Å². The van der Waals surface area contributed by atoms with E-state index in [0.29, 0.717) is 0 Å². The van der Waals surface area contributed by atoms with Gasteiger partial charge < -0.3 is 0 Å². The minimum Gasteiger partial charge on any atom is -0.207 e. The van der Waals surface area contributed by atoms with E-state index < -0.39 is 22.3 Å². The summed E-state index contributed by atoms with van der Waals surface area (Å²) in [4.78, 5) is -0.558. The van der Waals surface area contributed by atoms with E-state index in [1.165, 1.54) is 12.1 Å². The maximum atomic E-state index is 13.6.